The maximum Gasteiger partial charge on any atom is 0.363 e. The predicted molar refractivity (Wildman–Crippen MR) is 74.3 cm³/mol. The summed E-state index contributed by atoms with van der Waals surface area (Å²) in [7, 11) is 0. The monoisotopic (exact) mass is 257 g/mol. The molecule has 0 fully saturated rings. The quantitative estimate of drug-likeness (QED) is 0.660. The summed E-state index contributed by atoms with van der Waals surface area (Å²) in [5.41, 5.74) is 3.36. The number of aromatic nitrogens is 1. The van der Waals surface area contributed by atoms with Crippen LogP contribution in [0.25, 0.3) is 0 Å². The molecule has 19 heavy (non-hydrogen) atoms. The maximum atomic E-state index is 10.5. The van der Waals surface area contributed by atoms with Crippen LogP contribution in [0.4, 0.5) is 11.5 Å². The van der Waals surface area contributed by atoms with Crippen molar-refractivity contribution in [3.05, 3.63) is 63.8 Å². The molecule has 5 nitrogen and oxygen atoms in total. The molecule has 2 aromatic rings. The number of nitrogens with one attached hydrogen (secondary N) is 1. The van der Waals surface area contributed by atoms with Crippen LogP contribution in [0.5, 0.6) is 0 Å². The van der Waals surface area contributed by atoms with Crippen LogP contribution in [0.3, 0.4) is 0 Å². The fraction of sp³-hybridized carbons (Fsp3) is 0.214. The number of benzene rings is 1. The Morgan fingerprint density at radius 3 is 2.68 bits per heavy atom. The summed E-state index contributed by atoms with van der Waals surface area (Å²) >= 11 is 0. The molecule has 0 atom stereocenters. The SMILES string of the molecule is Cc1ccccc1CCNc1ccc([N+](=O)[O-])nc1. The van der Waals surface area contributed by atoms with Crippen LogP contribution in [-0.2, 0) is 6.42 Å². The zero-order chi connectivity index (χ0) is 13.7. The number of aryl methyl sites for hydroxylation is 1. The fourth-order valence-corrected chi connectivity index (χ4v) is 1.83. The summed E-state index contributed by atoms with van der Waals surface area (Å²) in [5.74, 6) is -0.135. The van der Waals surface area contributed by atoms with Gasteiger partial charge in [-0.3, -0.25) is 0 Å². The molecule has 2 rings (SSSR count). The highest BCUT2D eigenvalue weighted by Gasteiger charge is 2.05. The minimum absolute atomic E-state index is 0.135. The van der Waals surface area contributed by atoms with E-state index in [-0.39, 0.29) is 5.82 Å². The fourth-order valence-electron chi connectivity index (χ4n) is 1.83. The normalized spacial score (nSPS) is 10.2. The second-order valence-electron chi connectivity index (χ2n) is 4.27. The average molecular weight is 257 g/mol. The van der Waals surface area contributed by atoms with Crippen molar-refractivity contribution in [1.82, 2.24) is 4.98 Å². The molecular weight excluding hydrogens is 242 g/mol. The highest BCUT2D eigenvalue weighted by atomic mass is 16.6. The van der Waals surface area contributed by atoms with Gasteiger partial charge in [0.2, 0.25) is 0 Å². The van der Waals surface area contributed by atoms with Crippen molar-refractivity contribution in [2.24, 2.45) is 0 Å². The van der Waals surface area contributed by atoms with Gasteiger partial charge in [0.15, 0.2) is 6.20 Å². The van der Waals surface area contributed by atoms with Gasteiger partial charge in [-0.25, -0.2) is 0 Å². The summed E-state index contributed by atoms with van der Waals surface area (Å²) in [5, 5.41) is 13.7. The molecule has 1 heterocycles. The van der Waals surface area contributed by atoms with Crippen molar-refractivity contribution in [2.75, 3.05) is 11.9 Å². The predicted octanol–water partition coefficient (Wildman–Crippen LogP) is 2.95. The average Bonchev–Trinajstić information content (AvgIpc) is 2.41. The Labute approximate surface area is 111 Å². The number of nitro groups is 1. The van der Waals surface area contributed by atoms with E-state index in [4.69, 9.17) is 0 Å². The Hall–Kier alpha value is -2.43. The van der Waals surface area contributed by atoms with Gasteiger partial charge >= 0.3 is 5.82 Å². The molecule has 0 aliphatic carbocycles. The van der Waals surface area contributed by atoms with E-state index in [1.54, 1.807) is 6.07 Å². The summed E-state index contributed by atoms with van der Waals surface area (Å²) in [6.07, 6.45) is 2.39. The molecule has 98 valence electrons. The minimum Gasteiger partial charge on any atom is -0.382 e. The van der Waals surface area contributed by atoms with Crippen LogP contribution < -0.4 is 5.32 Å². The number of rotatable bonds is 5. The Balaban J connectivity index is 1.89. The molecule has 0 amide bonds. The Morgan fingerprint density at radius 2 is 2.05 bits per heavy atom. The molecule has 0 bridgehead atoms. The lowest BCUT2D eigenvalue weighted by atomic mass is 10.1. The number of nitrogens with zero attached hydrogens (tertiary/aromatic N) is 2. The smallest absolute Gasteiger partial charge is 0.363 e. The summed E-state index contributed by atoms with van der Waals surface area (Å²) in [6.45, 7) is 2.85. The number of hydrogen-bond acceptors (Lipinski definition) is 4. The molecule has 0 aliphatic heterocycles. The van der Waals surface area contributed by atoms with Crippen molar-refractivity contribution in [1.29, 1.82) is 0 Å². The molecule has 0 saturated carbocycles. The minimum atomic E-state index is -0.503. The summed E-state index contributed by atoms with van der Waals surface area (Å²) in [4.78, 5) is 13.7. The second-order valence-corrected chi connectivity index (χ2v) is 4.27. The van der Waals surface area contributed by atoms with Crippen molar-refractivity contribution < 1.29 is 4.92 Å². The first-order valence-corrected chi connectivity index (χ1v) is 6.05. The number of anilines is 1. The van der Waals surface area contributed by atoms with E-state index >= 15 is 0 Å². The Morgan fingerprint density at radius 1 is 1.26 bits per heavy atom. The van der Waals surface area contributed by atoms with Crippen molar-refractivity contribution in [3.8, 4) is 0 Å². The van der Waals surface area contributed by atoms with Crippen LogP contribution >= 0.6 is 0 Å². The van der Waals surface area contributed by atoms with Crippen LogP contribution in [0, 0.1) is 17.0 Å². The van der Waals surface area contributed by atoms with Gasteiger partial charge in [0.25, 0.3) is 0 Å². The Kier molecular flexibility index (Phi) is 4.07. The van der Waals surface area contributed by atoms with Crippen LogP contribution in [0.2, 0.25) is 0 Å². The van der Waals surface area contributed by atoms with Gasteiger partial charge < -0.3 is 15.4 Å². The van der Waals surface area contributed by atoms with Gasteiger partial charge in [-0.05, 0) is 40.4 Å². The van der Waals surface area contributed by atoms with Crippen molar-refractivity contribution in [3.63, 3.8) is 0 Å². The molecule has 0 saturated heterocycles. The highest BCUT2D eigenvalue weighted by Crippen LogP contribution is 2.12. The van der Waals surface area contributed by atoms with Gasteiger partial charge in [0.05, 0.1) is 5.69 Å². The summed E-state index contributed by atoms with van der Waals surface area (Å²) < 4.78 is 0. The van der Waals surface area contributed by atoms with Gasteiger partial charge in [0, 0.05) is 12.6 Å². The highest BCUT2D eigenvalue weighted by molar-refractivity contribution is 5.43. The van der Waals surface area contributed by atoms with Gasteiger partial charge in [0.1, 0.15) is 0 Å². The number of pyridine rings is 1. The molecular formula is C14H15N3O2. The van der Waals surface area contributed by atoms with E-state index in [1.165, 1.54) is 23.4 Å². The first-order chi connectivity index (χ1) is 9.16. The topological polar surface area (TPSA) is 68.1 Å². The lowest BCUT2D eigenvalue weighted by Gasteiger charge is -2.07. The van der Waals surface area contributed by atoms with E-state index < -0.39 is 4.92 Å². The molecule has 5 heteroatoms. The lowest BCUT2D eigenvalue weighted by Crippen LogP contribution is -2.06. The van der Waals surface area contributed by atoms with Crippen LogP contribution in [0.1, 0.15) is 11.1 Å². The van der Waals surface area contributed by atoms with E-state index in [0.717, 1.165) is 18.7 Å². The zero-order valence-electron chi connectivity index (χ0n) is 10.7. The standard InChI is InChI=1S/C14H15N3O2/c1-11-4-2-3-5-12(11)8-9-15-13-6-7-14(16-10-13)17(18)19/h2-7,10,15H,8-9H2,1H3. The van der Waals surface area contributed by atoms with Crippen LogP contribution in [0.15, 0.2) is 42.6 Å². The molecule has 1 N–H and O–H groups in total. The first kappa shape index (κ1) is 13.0. The maximum absolute atomic E-state index is 10.5. The summed E-state index contributed by atoms with van der Waals surface area (Å²) in [6, 6.07) is 11.3. The molecule has 0 radical (unpaired) electrons. The molecule has 0 aliphatic rings. The van der Waals surface area contributed by atoms with E-state index in [0.29, 0.717) is 0 Å². The van der Waals surface area contributed by atoms with Crippen LogP contribution in [-0.4, -0.2) is 16.5 Å². The van der Waals surface area contributed by atoms with Crippen molar-refractivity contribution >= 4 is 11.5 Å². The van der Waals surface area contributed by atoms with Crippen molar-refractivity contribution in [2.45, 2.75) is 13.3 Å². The third-order valence-electron chi connectivity index (χ3n) is 2.92. The zero-order valence-corrected chi connectivity index (χ0v) is 10.7. The first-order valence-electron chi connectivity index (χ1n) is 6.05. The third kappa shape index (κ3) is 3.51. The van der Waals surface area contributed by atoms with E-state index in [2.05, 4.69) is 29.4 Å². The lowest BCUT2D eigenvalue weighted by molar-refractivity contribution is -0.389. The van der Waals surface area contributed by atoms with Gasteiger partial charge in [-0.15, -0.1) is 0 Å². The van der Waals surface area contributed by atoms with E-state index in [9.17, 15) is 10.1 Å². The molecule has 1 aromatic carbocycles. The molecule has 0 spiro atoms. The second kappa shape index (κ2) is 5.95. The molecule has 0 unspecified atom stereocenters. The largest absolute Gasteiger partial charge is 0.382 e. The number of hydrogen-bond donors (Lipinski definition) is 1. The van der Waals surface area contributed by atoms with Gasteiger partial charge in [-0.1, -0.05) is 24.3 Å². The Bertz CT molecular complexity index is 567. The molecule has 1 aromatic heterocycles. The third-order valence-corrected chi connectivity index (χ3v) is 2.92. The van der Waals surface area contributed by atoms with E-state index in [1.807, 2.05) is 12.1 Å². The van der Waals surface area contributed by atoms with Gasteiger partial charge in [-0.2, -0.15) is 0 Å².